The maximum atomic E-state index is 9.67. The van der Waals surface area contributed by atoms with E-state index in [9.17, 15) is 5.26 Å². The first kappa shape index (κ1) is 12.7. The van der Waals surface area contributed by atoms with E-state index in [1.807, 2.05) is 18.2 Å². The number of hydrogen-bond acceptors (Lipinski definition) is 3. The molecule has 0 unspecified atom stereocenters. The maximum Gasteiger partial charge on any atom is 0.157 e. The molecule has 0 atom stereocenters. The molecule has 1 aromatic carbocycles. The van der Waals surface area contributed by atoms with Crippen molar-refractivity contribution in [2.24, 2.45) is 0 Å². The lowest BCUT2D eigenvalue weighted by Gasteiger charge is -2.21. The number of pyridine rings is 1. The van der Waals surface area contributed by atoms with E-state index in [0.717, 1.165) is 35.1 Å². The van der Waals surface area contributed by atoms with E-state index in [-0.39, 0.29) is 0 Å². The van der Waals surface area contributed by atoms with Gasteiger partial charge in [-0.05, 0) is 55.2 Å². The average Bonchev–Trinajstić information content (AvgIpc) is 2.91. The number of thioether (sulfide) groups is 1. The Morgan fingerprint density at radius 1 is 1.19 bits per heavy atom. The summed E-state index contributed by atoms with van der Waals surface area (Å²) in [7, 11) is 0. The van der Waals surface area contributed by atoms with Gasteiger partial charge in [0.15, 0.2) is 5.65 Å². The van der Waals surface area contributed by atoms with Gasteiger partial charge in [-0.2, -0.15) is 5.26 Å². The second kappa shape index (κ2) is 4.78. The van der Waals surface area contributed by atoms with Crippen molar-refractivity contribution in [3.8, 4) is 6.07 Å². The summed E-state index contributed by atoms with van der Waals surface area (Å²) in [5.74, 6) is 0. The van der Waals surface area contributed by atoms with E-state index in [4.69, 9.17) is 4.98 Å². The third-order valence-corrected chi connectivity index (χ3v) is 5.14. The first-order valence-electron chi connectivity index (χ1n) is 7.24. The topological polar surface area (TPSA) is 41.1 Å². The van der Waals surface area contributed by atoms with Gasteiger partial charge in [0.1, 0.15) is 6.07 Å². The van der Waals surface area contributed by atoms with Crippen molar-refractivity contribution in [2.45, 2.75) is 30.7 Å². The van der Waals surface area contributed by atoms with E-state index in [1.165, 1.54) is 29.0 Å². The van der Waals surface area contributed by atoms with Crippen LogP contribution in [0.15, 0.2) is 29.3 Å². The standard InChI is InChI=1S/C17H15N3S/c1-21-17-12-7-3-2-6-11(12)13(10-18)16-19-14-8-4-5-9-15(14)20(16)17/h4-5,8-9H,2-3,6-7H2,1H3. The van der Waals surface area contributed by atoms with Crippen LogP contribution >= 0.6 is 11.8 Å². The Balaban J connectivity index is 2.27. The molecule has 0 bridgehead atoms. The molecule has 3 nitrogen and oxygen atoms in total. The predicted octanol–water partition coefficient (Wildman–Crippen LogP) is 3.96. The van der Waals surface area contributed by atoms with Crippen molar-refractivity contribution in [2.75, 3.05) is 6.26 Å². The van der Waals surface area contributed by atoms with Crippen LogP contribution in [-0.4, -0.2) is 15.6 Å². The van der Waals surface area contributed by atoms with Gasteiger partial charge in [-0.15, -0.1) is 11.8 Å². The van der Waals surface area contributed by atoms with Crippen molar-refractivity contribution < 1.29 is 0 Å². The van der Waals surface area contributed by atoms with Gasteiger partial charge in [-0.3, -0.25) is 4.40 Å². The summed E-state index contributed by atoms with van der Waals surface area (Å²) in [4.78, 5) is 4.73. The summed E-state index contributed by atoms with van der Waals surface area (Å²) >= 11 is 1.77. The first-order chi connectivity index (χ1) is 10.3. The van der Waals surface area contributed by atoms with Crippen molar-refractivity contribution in [1.29, 1.82) is 5.26 Å². The Hall–Kier alpha value is -1.99. The van der Waals surface area contributed by atoms with Gasteiger partial charge in [0.05, 0.1) is 21.6 Å². The molecule has 0 spiro atoms. The summed E-state index contributed by atoms with van der Waals surface area (Å²) < 4.78 is 2.18. The molecule has 0 saturated heterocycles. The maximum absolute atomic E-state index is 9.67. The fraction of sp³-hybridized carbons (Fsp3) is 0.294. The molecular formula is C17H15N3S. The minimum absolute atomic E-state index is 0.777. The SMILES string of the molecule is CSc1c2c(c(C#N)c3nc4ccccc4n13)CCCC2. The van der Waals surface area contributed by atoms with Crippen LogP contribution in [0.5, 0.6) is 0 Å². The van der Waals surface area contributed by atoms with E-state index < -0.39 is 0 Å². The van der Waals surface area contributed by atoms with E-state index in [0.29, 0.717) is 0 Å². The van der Waals surface area contributed by atoms with Gasteiger partial charge in [-0.25, -0.2) is 4.98 Å². The monoisotopic (exact) mass is 293 g/mol. The Morgan fingerprint density at radius 2 is 1.95 bits per heavy atom. The van der Waals surface area contributed by atoms with Gasteiger partial charge in [0.25, 0.3) is 0 Å². The lowest BCUT2D eigenvalue weighted by Crippen LogP contribution is -2.11. The zero-order valence-electron chi connectivity index (χ0n) is 11.9. The predicted molar refractivity (Wildman–Crippen MR) is 85.8 cm³/mol. The molecule has 1 aliphatic rings. The second-order valence-corrected chi connectivity index (χ2v) is 6.21. The van der Waals surface area contributed by atoms with Crippen LogP contribution in [0, 0.1) is 11.3 Å². The summed E-state index contributed by atoms with van der Waals surface area (Å²) in [5.41, 5.74) is 6.26. The van der Waals surface area contributed by atoms with Gasteiger partial charge < -0.3 is 0 Å². The number of rotatable bonds is 1. The molecule has 104 valence electrons. The fourth-order valence-corrected chi connectivity index (χ4v) is 4.26. The molecule has 2 aromatic heterocycles. The molecule has 0 N–H and O–H groups in total. The zero-order chi connectivity index (χ0) is 14.4. The molecule has 2 heterocycles. The van der Waals surface area contributed by atoms with Crippen LogP contribution in [0.4, 0.5) is 0 Å². The van der Waals surface area contributed by atoms with Crippen molar-refractivity contribution in [3.05, 3.63) is 41.0 Å². The first-order valence-corrected chi connectivity index (χ1v) is 8.46. The Labute approximate surface area is 127 Å². The summed E-state index contributed by atoms with van der Waals surface area (Å²) in [6, 6.07) is 10.6. The van der Waals surface area contributed by atoms with Gasteiger partial charge in [-0.1, -0.05) is 12.1 Å². The van der Waals surface area contributed by atoms with Crippen LogP contribution in [-0.2, 0) is 12.8 Å². The van der Waals surface area contributed by atoms with Crippen LogP contribution < -0.4 is 0 Å². The second-order valence-electron chi connectivity index (χ2n) is 5.42. The van der Waals surface area contributed by atoms with Gasteiger partial charge in [0.2, 0.25) is 0 Å². The number of nitrogens with zero attached hydrogens (tertiary/aromatic N) is 3. The summed E-state index contributed by atoms with van der Waals surface area (Å²) in [6.07, 6.45) is 6.58. The smallest absolute Gasteiger partial charge is 0.157 e. The molecule has 4 heteroatoms. The lowest BCUT2D eigenvalue weighted by atomic mass is 9.90. The molecule has 4 rings (SSSR count). The van der Waals surface area contributed by atoms with Crippen molar-refractivity contribution >= 4 is 28.4 Å². The Bertz CT molecular complexity index is 902. The van der Waals surface area contributed by atoms with E-state index in [1.54, 1.807) is 11.8 Å². The minimum atomic E-state index is 0.777. The summed E-state index contributed by atoms with van der Waals surface area (Å²) in [6.45, 7) is 0. The molecule has 0 radical (unpaired) electrons. The van der Waals surface area contributed by atoms with E-state index >= 15 is 0 Å². The summed E-state index contributed by atoms with van der Waals surface area (Å²) in [5, 5.41) is 10.9. The van der Waals surface area contributed by atoms with Crippen LogP contribution in [0.1, 0.15) is 29.5 Å². The molecular weight excluding hydrogens is 278 g/mol. The highest BCUT2D eigenvalue weighted by molar-refractivity contribution is 7.98. The number of imidazole rings is 1. The minimum Gasteiger partial charge on any atom is -0.286 e. The highest BCUT2D eigenvalue weighted by Crippen LogP contribution is 2.36. The normalized spacial score (nSPS) is 14.3. The Morgan fingerprint density at radius 3 is 2.71 bits per heavy atom. The van der Waals surface area contributed by atoms with Gasteiger partial charge in [0, 0.05) is 0 Å². The number of benzene rings is 1. The largest absolute Gasteiger partial charge is 0.286 e. The average molecular weight is 293 g/mol. The number of fused-ring (bicyclic) bond motifs is 4. The van der Waals surface area contributed by atoms with E-state index in [2.05, 4.69) is 22.8 Å². The highest BCUT2D eigenvalue weighted by Gasteiger charge is 2.23. The molecule has 0 saturated carbocycles. The number of hydrogen-bond donors (Lipinski definition) is 0. The quantitative estimate of drug-likeness (QED) is 0.638. The van der Waals surface area contributed by atoms with Crippen molar-refractivity contribution in [3.63, 3.8) is 0 Å². The Kier molecular flexibility index (Phi) is 2.90. The molecule has 3 aromatic rings. The highest BCUT2D eigenvalue weighted by atomic mass is 32.2. The van der Waals surface area contributed by atoms with Crippen LogP contribution in [0.3, 0.4) is 0 Å². The fourth-order valence-electron chi connectivity index (χ4n) is 3.42. The number of aromatic nitrogens is 2. The number of nitriles is 1. The molecule has 0 fully saturated rings. The van der Waals surface area contributed by atoms with Crippen LogP contribution in [0.2, 0.25) is 0 Å². The molecule has 1 aliphatic carbocycles. The lowest BCUT2D eigenvalue weighted by molar-refractivity contribution is 0.664. The van der Waals surface area contributed by atoms with Gasteiger partial charge >= 0.3 is 0 Å². The van der Waals surface area contributed by atoms with Crippen molar-refractivity contribution in [1.82, 2.24) is 9.38 Å². The third-order valence-electron chi connectivity index (χ3n) is 4.32. The number of para-hydroxylation sites is 2. The zero-order valence-corrected chi connectivity index (χ0v) is 12.7. The van der Waals surface area contributed by atoms with Crippen LogP contribution in [0.25, 0.3) is 16.7 Å². The molecule has 0 aliphatic heterocycles. The molecule has 21 heavy (non-hydrogen) atoms. The molecule has 0 amide bonds. The third kappa shape index (κ3) is 1.71.